The molecule has 0 amide bonds. The van der Waals surface area contributed by atoms with Crippen LogP contribution in [0.25, 0.3) is 16.0 Å². The number of aromatic nitrogens is 3. The number of benzene rings is 2. The molecule has 0 saturated heterocycles. The van der Waals surface area contributed by atoms with Gasteiger partial charge in [0.1, 0.15) is 10.3 Å². The van der Waals surface area contributed by atoms with E-state index in [4.69, 9.17) is 24.4 Å². The molecule has 4 nitrogen and oxygen atoms in total. The Balaban J connectivity index is 1.82. The third kappa shape index (κ3) is 3.09. The average Bonchev–Trinajstić information content (AvgIpc) is 2.97. The van der Waals surface area contributed by atoms with Crippen LogP contribution in [0.5, 0.6) is 0 Å². The van der Waals surface area contributed by atoms with Gasteiger partial charge in [-0.3, -0.25) is 9.36 Å². The Morgan fingerprint density at radius 2 is 1.62 bits per heavy atom. The van der Waals surface area contributed by atoms with Gasteiger partial charge in [-0.2, -0.15) is 0 Å². The van der Waals surface area contributed by atoms with Crippen molar-refractivity contribution in [2.45, 2.75) is 13.0 Å². The molecule has 26 heavy (non-hydrogen) atoms. The van der Waals surface area contributed by atoms with Crippen molar-refractivity contribution in [3.05, 3.63) is 85.3 Å². The first-order valence-electron chi connectivity index (χ1n) is 8.13. The SMILES string of the molecule is O=c1c2sc(=S)n(CCc3ccccc3)c2[nH]c(=S)n1-c1ccccc1. The van der Waals surface area contributed by atoms with E-state index in [-0.39, 0.29) is 5.56 Å². The van der Waals surface area contributed by atoms with Gasteiger partial charge in [-0.25, -0.2) is 0 Å². The molecule has 2 aromatic heterocycles. The summed E-state index contributed by atoms with van der Waals surface area (Å²) in [5.74, 6) is 0. The molecule has 0 unspecified atom stereocenters. The smallest absolute Gasteiger partial charge is 0.278 e. The van der Waals surface area contributed by atoms with Gasteiger partial charge in [0.15, 0.2) is 8.73 Å². The molecule has 0 aliphatic rings. The molecule has 0 saturated carbocycles. The van der Waals surface area contributed by atoms with E-state index in [1.54, 1.807) is 0 Å². The number of para-hydroxylation sites is 1. The van der Waals surface area contributed by atoms with Crippen LogP contribution >= 0.6 is 35.8 Å². The van der Waals surface area contributed by atoms with Crippen molar-refractivity contribution >= 4 is 46.1 Å². The van der Waals surface area contributed by atoms with Crippen LogP contribution in [0.4, 0.5) is 0 Å². The van der Waals surface area contributed by atoms with Gasteiger partial charge < -0.3 is 9.55 Å². The predicted molar refractivity (Wildman–Crippen MR) is 112 cm³/mol. The second-order valence-corrected chi connectivity index (χ2v) is 7.87. The predicted octanol–water partition coefficient (Wildman–Crippen LogP) is 4.88. The summed E-state index contributed by atoms with van der Waals surface area (Å²) in [6, 6.07) is 19.6. The summed E-state index contributed by atoms with van der Waals surface area (Å²) in [6.45, 7) is 0.697. The summed E-state index contributed by atoms with van der Waals surface area (Å²) >= 11 is 12.3. The maximum atomic E-state index is 13.0. The lowest BCUT2D eigenvalue weighted by molar-refractivity contribution is 0.710. The van der Waals surface area contributed by atoms with E-state index < -0.39 is 0 Å². The van der Waals surface area contributed by atoms with E-state index in [0.717, 1.165) is 12.1 Å². The second kappa shape index (κ2) is 7.11. The van der Waals surface area contributed by atoms with Crippen molar-refractivity contribution in [1.29, 1.82) is 0 Å². The fourth-order valence-electron chi connectivity index (χ4n) is 2.93. The number of hydrogen-bond acceptors (Lipinski definition) is 4. The number of fused-ring (bicyclic) bond motifs is 1. The number of aryl methyl sites for hydroxylation is 2. The molecule has 7 heteroatoms. The topological polar surface area (TPSA) is 42.7 Å². The number of H-pyrrole nitrogens is 1. The first kappa shape index (κ1) is 17.1. The average molecular weight is 398 g/mol. The Bertz CT molecular complexity index is 1230. The number of rotatable bonds is 4. The molecule has 4 rings (SSSR count). The Labute approximate surface area is 164 Å². The van der Waals surface area contributed by atoms with Crippen molar-refractivity contribution in [2.24, 2.45) is 0 Å². The summed E-state index contributed by atoms with van der Waals surface area (Å²) < 4.78 is 5.12. The number of hydrogen-bond donors (Lipinski definition) is 1. The monoisotopic (exact) mass is 397 g/mol. The molecular weight excluding hydrogens is 382 g/mol. The van der Waals surface area contributed by atoms with Crippen LogP contribution in [-0.4, -0.2) is 14.1 Å². The lowest BCUT2D eigenvalue weighted by Gasteiger charge is -2.08. The molecule has 0 radical (unpaired) electrons. The summed E-state index contributed by atoms with van der Waals surface area (Å²) in [5, 5.41) is 0. The minimum atomic E-state index is -0.135. The van der Waals surface area contributed by atoms with Crippen LogP contribution in [0.15, 0.2) is 65.5 Å². The third-order valence-corrected chi connectivity index (χ3v) is 5.92. The van der Waals surface area contributed by atoms with Crippen LogP contribution in [0.2, 0.25) is 0 Å². The fraction of sp³-hybridized carbons (Fsp3) is 0.105. The van der Waals surface area contributed by atoms with E-state index in [1.807, 2.05) is 53.1 Å². The van der Waals surface area contributed by atoms with Crippen molar-refractivity contribution in [2.75, 3.05) is 0 Å². The Hall–Kier alpha value is -2.35. The van der Waals surface area contributed by atoms with E-state index in [2.05, 4.69) is 17.1 Å². The molecule has 0 bridgehead atoms. The molecule has 0 fully saturated rings. The van der Waals surface area contributed by atoms with Crippen LogP contribution in [0.1, 0.15) is 5.56 Å². The van der Waals surface area contributed by atoms with Crippen LogP contribution in [0, 0.1) is 8.73 Å². The quantitative estimate of drug-likeness (QED) is 0.499. The van der Waals surface area contributed by atoms with Crippen LogP contribution in [-0.2, 0) is 13.0 Å². The van der Waals surface area contributed by atoms with Crippen molar-refractivity contribution in [1.82, 2.24) is 14.1 Å². The molecule has 0 aliphatic carbocycles. The zero-order valence-electron chi connectivity index (χ0n) is 13.7. The molecule has 0 spiro atoms. The maximum absolute atomic E-state index is 13.0. The third-order valence-electron chi connectivity index (χ3n) is 4.20. The molecular formula is C19H15N3OS3. The molecule has 4 aromatic rings. The van der Waals surface area contributed by atoms with Gasteiger partial charge in [0.25, 0.3) is 5.56 Å². The van der Waals surface area contributed by atoms with Crippen molar-refractivity contribution < 1.29 is 0 Å². The minimum Gasteiger partial charge on any atom is -0.317 e. The van der Waals surface area contributed by atoms with Gasteiger partial charge in [0.2, 0.25) is 0 Å². The number of nitrogens with zero attached hydrogens (tertiary/aromatic N) is 2. The molecule has 1 N–H and O–H groups in total. The highest BCUT2D eigenvalue weighted by atomic mass is 32.1. The lowest BCUT2D eigenvalue weighted by atomic mass is 10.1. The van der Waals surface area contributed by atoms with Gasteiger partial charge in [-0.1, -0.05) is 59.9 Å². The maximum Gasteiger partial charge on any atom is 0.278 e. The Morgan fingerprint density at radius 1 is 0.962 bits per heavy atom. The summed E-state index contributed by atoms with van der Waals surface area (Å²) in [7, 11) is 0. The van der Waals surface area contributed by atoms with E-state index >= 15 is 0 Å². The normalized spacial score (nSPS) is 11.1. The molecule has 0 atom stereocenters. The van der Waals surface area contributed by atoms with Crippen molar-refractivity contribution in [3.8, 4) is 5.69 Å². The fourth-order valence-corrected chi connectivity index (χ4v) is 4.55. The van der Waals surface area contributed by atoms with Gasteiger partial charge in [-0.15, -0.1) is 0 Å². The Morgan fingerprint density at radius 3 is 2.31 bits per heavy atom. The van der Waals surface area contributed by atoms with Crippen molar-refractivity contribution in [3.63, 3.8) is 0 Å². The van der Waals surface area contributed by atoms with Gasteiger partial charge >= 0.3 is 0 Å². The first-order chi connectivity index (χ1) is 12.6. The molecule has 130 valence electrons. The zero-order chi connectivity index (χ0) is 18.1. The highest BCUT2D eigenvalue weighted by Crippen LogP contribution is 2.20. The zero-order valence-corrected chi connectivity index (χ0v) is 16.2. The molecule has 2 aromatic carbocycles. The second-order valence-electron chi connectivity index (χ2n) is 5.84. The number of aromatic amines is 1. The summed E-state index contributed by atoms with van der Waals surface area (Å²) in [5.41, 5.74) is 2.54. The van der Waals surface area contributed by atoms with Crippen LogP contribution < -0.4 is 5.56 Å². The molecule has 2 heterocycles. The highest BCUT2D eigenvalue weighted by Gasteiger charge is 2.13. The van der Waals surface area contributed by atoms with E-state index in [1.165, 1.54) is 21.5 Å². The standard InChI is InChI=1S/C19H15N3OS3/c23-17-15-16(20-18(24)22(17)14-9-5-2-6-10-14)21(19(25)26-15)12-11-13-7-3-1-4-8-13/h1-10H,11-12H2,(H,20,24). The lowest BCUT2D eigenvalue weighted by Crippen LogP contribution is -2.20. The minimum absolute atomic E-state index is 0.135. The number of thiazole rings is 1. The van der Waals surface area contributed by atoms with Gasteiger partial charge in [0.05, 0.1) is 5.69 Å². The largest absolute Gasteiger partial charge is 0.317 e. The van der Waals surface area contributed by atoms with E-state index in [9.17, 15) is 4.79 Å². The summed E-state index contributed by atoms with van der Waals surface area (Å²) in [6.07, 6.45) is 0.837. The summed E-state index contributed by atoms with van der Waals surface area (Å²) in [4.78, 5) is 16.2. The number of nitrogens with one attached hydrogen (secondary N) is 1. The Kier molecular flexibility index (Phi) is 4.67. The first-order valence-corrected chi connectivity index (χ1v) is 9.76. The van der Waals surface area contributed by atoms with Crippen LogP contribution in [0.3, 0.4) is 0 Å². The molecule has 0 aliphatic heterocycles. The highest BCUT2D eigenvalue weighted by molar-refractivity contribution is 7.73. The van der Waals surface area contributed by atoms with Gasteiger partial charge in [0, 0.05) is 6.54 Å². The van der Waals surface area contributed by atoms with E-state index in [0.29, 0.717) is 25.6 Å². The van der Waals surface area contributed by atoms with Gasteiger partial charge in [-0.05, 0) is 48.6 Å².